The Labute approximate surface area is 186 Å². The van der Waals surface area contributed by atoms with Crippen LogP contribution in [0, 0.1) is 13.8 Å². The van der Waals surface area contributed by atoms with Crippen LogP contribution in [0.5, 0.6) is 5.75 Å². The second-order valence-corrected chi connectivity index (χ2v) is 7.88. The Bertz CT molecular complexity index is 1260. The number of hydrogen-bond acceptors (Lipinski definition) is 4. The lowest BCUT2D eigenvalue weighted by atomic mass is 10.0. The van der Waals surface area contributed by atoms with Gasteiger partial charge in [-0.15, -0.1) is 0 Å². The number of hydrogen-bond donors (Lipinski definition) is 0. The summed E-state index contributed by atoms with van der Waals surface area (Å²) in [6, 6.07) is 16.9. The fraction of sp³-hybridized carbons (Fsp3) is 0.208. The number of aromatic nitrogens is 3. The number of fused-ring (bicyclic) bond motifs is 1. The molecule has 0 saturated heterocycles. The van der Waals surface area contributed by atoms with Crippen LogP contribution >= 0.6 is 11.6 Å². The van der Waals surface area contributed by atoms with E-state index in [2.05, 4.69) is 0 Å². The quantitative estimate of drug-likeness (QED) is 0.449. The molecular weight excluding hydrogens is 412 g/mol. The topological polar surface area (TPSA) is 59.7 Å². The van der Waals surface area contributed by atoms with Crippen LogP contribution in [0.4, 0.5) is 5.69 Å². The molecule has 2 aromatic carbocycles. The molecule has 0 aliphatic heterocycles. The summed E-state index contributed by atoms with van der Waals surface area (Å²) >= 11 is 6.11. The summed E-state index contributed by atoms with van der Waals surface area (Å²) in [5, 5.41) is 5.38. The number of rotatable bonds is 5. The number of anilines is 1. The molecule has 0 aliphatic rings. The molecular formula is C24H23ClN4O2. The first kappa shape index (κ1) is 20.9. The predicted octanol–water partition coefficient (Wildman–Crippen LogP) is 4.88. The predicted molar refractivity (Wildman–Crippen MR) is 123 cm³/mol. The number of amides is 1. The van der Waals surface area contributed by atoms with Gasteiger partial charge in [-0.1, -0.05) is 17.7 Å². The highest BCUT2D eigenvalue weighted by Gasteiger charge is 2.22. The van der Waals surface area contributed by atoms with Gasteiger partial charge in [0, 0.05) is 40.3 Å². The second kappa shape index (κ2) is 8.40. The molecule has 1 amide bonds. The van der Waals surface area contributed by atoms with Crippen molar-refractivity contribution < 1.29 is 9.53 Å². The van der Waals surface area contributed by atoms with Gasteiger partial charge in [0.15, 0.2) is 5.65 Å². The van der Waals surface area contributed by atoms with Crippen molar-refractivity contribution in [1.82, 2.24) is 14.6 Å². The largest absolute Gasteiger partial charge is 0.497 e. The van der Waals surface area contributed by atoms with E-state index in [1.165, 1.54) is 0 Å². The van der Waals surface area contributed by atoms with Gasteiger partial charge >= 0.3 is 0 Å². The van der Waals surface area contributed by atoms with Gasteiger partial charge in [0.1, 0.15) is 5.75 Å². The van der Waals surface area contributed by atoms with Crippen molar-refractivity contribution >= 4 is 28.8 Å². The van der Waals surface area contributed by atoms with E-state index in [1.807, 2.05) is 56.3 Å². The van der Waals surface area contributed by atoms with Gasteiger partial charge in [-0.05, 0) is 62.4 Å². The highest BCUT2D eigenvalue weighted by atomic mass is 35.5. The third-order valence-corrected chi connectivity index (χ3v) is 5.49. The maximum Gasteiger partial charge on any atom is 0.231 e. The third kappa shape index (κ3) is 4.11. The monoisotopic (exact) mass is 434 g/mol. The number of benzene rings is 2. The summed E-state index contributed by atoms with van der Waals surface area (Å²) in [6.45, 7) is 3.92. The molecule has 4 rings (SSSR count). The van der Waals surface area contributed by atoms with E-state index in [0.29, 0.717) is 10.7 Å². The summed E-state index contributed by atoms with van der Waals surface area (Å²) in [5.74, 6) is 0.684. The molecule has 2 aromatic heterocycles. The summed E-state index contributed by atoms with van der Waals surface area (Å²) in [6.07, 6.45) is 0.157. The van der Waals surface area contributed by atoms with Crippen molar-refractivity contribution in [3.05, 3.63) is 76.6 Å². The van der Waals surface area contributed by atoms with Crippen LogP contribution < -0.4 is 9.64 Å². The lowest BCUT2D eigenvalue weighted by molar-refractivity contribution is -0.117. The Kier molecular flexibility index (Phi) is 5.65. The van der Waals surface area contributed by atoms with Crippen LogP contribution in [-0.4, -0.2) is 34.7 Å². The summed E-state index contributed by atoms with van der Waals surface area (Å²) in [4.78, 5) is 19.5. The van der Waals surface area contributed by atoms with E-state index in [1.54, 1.807) is 35.7 Å². The van der Waals surface area contributed by atoms with Gasteiger partial charge in [0.05, 0.1) is 19.2 Å². The first-order valence-electron chi connectivity index (χ1n) is 9.90. The fourth-order valence-corrected chi connectivity index (χ4v) is 3.79. The van der Waals surface area contributed by atoms with E-state index >= 15 is 0 Å². The molecule has 2 heterocycles. The van der Waals surface area contributed by atoms with Crippen LogP contribution in [0.15, 0.2) is 54.6 Å². The van der Waals surface area contributed by atoms with E-state index in [4.69, 9.17) is 26.4 Å². The molecule has 158 valence electrons. The first-order valence-corrected chi connectivity index (χ1v) is 10.3. The second-order valence-electron chi connectivity index (χ2n) is 7.44. The van der Waals surface area contributed by atoms with Crippen molar-refractivity contribution in [3.8, 4) is 17.0 Å². The SMILES string of the molecule is COc1ccc(-c2nn3c(C)cc(C)nc3c2CC(=O)N(C)c2cccc(Cl)c2)cc1. The molecule has 0 atom stereocenters. The van der Waals surface area contributed by atoms with Crippen molar-refractivity contribution in [3.63, 3.8) is 0 Å². The maximum atomic E-state index is 13.2. The first-order chi connectivity index (χ1) is 14.9. The minimum absolute atomic E-state index is 0.0760. The Hall–Kier alpha value is -3.38. The van der Waals surface area contributed by atoms with Gasteiger partial charge in [-0.2, -0.15) is 5.10 Å². The van der Waals surface area contributed by atoms with Crippen LogP contribution in [0.25, 0.3) is 16.9 Å². The number of methoxy groups -OCH3 is 1. The van der Waals surface area contributed by atoms with Crippen molar-refractivity contribution in [1.29, 1.82) is 0 Å². The zero-order valence-corrected chi connectivity index (χ0v) is 18.6. The standard InChI is InChI=1S/C24H23ClN4O2/c1-15-12-16(2)29-24(26-15)21(23(27-29)17-8-10-20(31-4)11-9-17)14-22(30)28(3)19-7-5-6-18(25)13-19/h5-13H,14H2,1-4H3. The average Bonchev–Trinajstić information content (AvgIpc) is 3.11. The number of nitrogens with zero attached hydrogens (tertiary/aromatic N) is 4. The molecule has 0 bridgehead atoms. The fourth-order valence-electron chi connectivity index (χ4n) is 3.61. The van der Waals surface area contributed by atoms with Crippen LogP contribution in [0.1, 0.15) is 17.0 Å². The molecule has 0 unspecified atom stereocenters. The van der Waals surface area contributed by atoms with Gasteiger partial charge in [-0.3, -0.25) is 4.79 Å². The molecule has 0 fully saturated rings. The zero-order valence-electron chi connectivity index (χ0n) is 17.9. The lowest BCUT2D eigenvalue weighted by Gasteiger charge is -2.17. The molecule has 0 spiro atoms. The van der Waals surface area contributed by atoms with Crippen LogP contribution in [0.2, 0.25) is 5.02 Å². The summed E-state index contributed by atoms with van der Waals surface area (Å²) < 4.78 is 7.07. The Morgan fingerprint density at radius 3 is 2.55 bits per heavy atom. The number of likely N-dealkylation sites (N-methyl/N-ethyl adjacent to an activating group) is 1. The highest BCUT2D eigenvalue weighted by Crippen LogP contribution is 2.29. The van der Waals surface area contributed by atoms with Gasteiger partial charge in [0.25, 0.3) is 0 Å². The molecule has 0 aliphatic carbocycles. The average molecular weight is 435 g/mol. The zero-order chi connectivity index (χ0) is 22.1. The minimum Gasteiger partial charge on any atom is -0.497 e. The number of ether oxygens (including phenoxy) is 1. The van der Waals surface area contributed by atoms with E-state index in [0.717, 1.165) is 39.6 Å². The van der Waals surface area contributed by atoms with E-state index < -0.39 is 0 Å². The minimum atomic E-state index is -0.0760. The molecule has 0 radical (unpaired) electrons. The molecule has 31 heavy (non-hydrogen) atoms. The van der Waals surface area contributed by atoms with Crippen molar-refractivity contribution in [2.24, 2.45) is 0 Å². The number of carbonyl (C=O) groups excluding carboxylic acids is 1. The van der Waals surface area contributed by atoms with Gasteiger partial charge in [0.2, 0.25) is 5.91 Å². The number of aryl methyl sites for hydroxylation is 2. The Morgan fingerprint density at radius 2 is 1.87 bits per heavy atom. The molecule has 0 N–H and O–H groups in total. The maximum absolute atomic E-state index is 13.2. The number of halogens is 1. The smallest absolute Gasteiger partial charge is 0.231 e. The van der Waals surface area contributed by atoms with Crippen LogP contribution in [0.3, 0.4) is 0 Å². The van der Waals surface area contributed by atoms with Crippen molar-refractivity contribution in [2.45, 2.75) is 20.3 Å². The van der Waals surface area contributed by atoms with E-state index in [-0.39, 0.29) is 12.3 Å². The molecule has 6 nitrogen and oxygen atoms in total. The van der Waals surface area contributed by atoms with Crippen molar-refractivity contribution in [2.75, 3.05) is 19.1 Å². The van der Waals surface area contributed by atoms with E-state index in [9.17, 15) is 4.79 Å². The Balaban J connectivity index is 1.80. The molecule has 7 heteroatoms. The Morgan fingerprint density at radius 1 is 1.13 bits per heavy atom. The molecule has 0 saturated carbocycles. The molecule has 4 aromatic rings. The van der Waals surface area contributed by atoms with Crippen LogP contribution in [-0.2, 0) is 11.2 Å². The van der Waals surface area contributed by atoms with Gasteiger partial charge in [-0.25, -0.2) is 9.50 Å². The number of carbonyl (C=O) groups is 1. The van der Waals surface area contributed by atoms with Gasteiger partial charge < -0.3 is 9.64 Å². The third-order valence-electron chi connectivity index (χ3n) is 5.25. The highest BCUT2D eigenvalue weighted by molar-refractivity contribution is 6.30. The summed E-state index contributed by atoms with van der Waals surface area (Å²) in [7, 11) is 3.38. The lowest BCUT2D eigenvalue weighted by Crippen LogP contribution is -2.28. The normalized spacial score (nSPS) is 11.0. The summed E-state index contributed by atoms with van der Waals surface area (Å²) in [5.41, 5.74) is 5.68.